The molecule has 0 bridgehead atoms. The largest absolute Gasteiger partial charge is 0.386 e. The minimum Gasteiger partial charge on any atom is -0.386 e. The van der Waals surface area contributed by atoms with Gasteiger partial charge in [-0.25, -0.2) is 13.1 Å². The minimum absolute atomic E-state index is 0.108. The summed E-state index contributed by atoms with van der Waals surface area (Å²) < 4.78 is 26.9. The third-order valence-electron chi connectivity index (χ3n) is 3.27. The lowest BCUT2D eigenvalue weighted by molar-refractivity contribution is 0.458. The Kier molecular flexibility index (Phi) is 5.08. The van der Waals surface area contributed by atoms with Gasteiger partial charge in [0.15, 0.2) is 0 Å². The molecule has 0 amide bonds. The van der Waals surface area contributed by atoms with Crippen LogP contribution in [0.15, 0.2) is 30.3 Å². The first-order chi connectivity index (χ1) is 8.85. The van der Waals surface area contributed by atoms with Gasteiger partial charge in [-0.05, 0) is 18.4 Å². The van der Waals surface area contributed by atoms with E-state index in [1.54, 1.807) is 24.3 Å². The van der Waals surface area contributed by atoms with Crippen molar-refractivity contribution in [1.29, 1.82) is 5.41 Å². The van der Waals surface area contributed by atoms with E-state index < -0.39 is 15.6 Å². The van der Waals surface area contributed by atoms with Crippen LogP contribution in [0.5, 0.6) is 0 Å². The molecule has 0 spiro atoms. The maximum Gasteiger partial charge on any atom is 0.216 e. The average molecular weight is 283 g/mol. The van der Waals surface area contributed by atoms with Crippen LogP contribution in [0.2, 0.25) is 0 Å². The van der Waals surface area contributed by atoms with Gasteiger partial charge in [-0.2, -0.15) is 0 Å². The lowest BCUT2D eigenvalue weighted by Gasteiger charge is -2.31. The molecule has 106 valence electrons. The van der Waals surface area contributed by atoms with Crippen LogP contribution >= 0.6 is 0 Å². The fourth-order valence-corrected chi connectivity index (χ4v) is 3.66. The van der Waals surface area contributed by atoms with Gasteiger partial charge in [0.25, 0.3) is 0 Å². The standard InChI is InChI=1S/C13H21N3O2S/c1-3-13(4-2,12(14)15)16-19(17,18)10-11-8-6-5-7-9-11/h5-9,16H,3-4,10H2,1-2H3,(H3,14,15). The van der Waals surface area contributed by atoms with Crippen LogP contribution in [-0.4, -0.2) is 19.8 Å². The van der Waals surface area contributed by atoms with Crippen molar-refractivity contribution >= 4 is 15.9 Å². The van der Waals surface area contributed by atoms with Crippen molar-refractivity contribution in [3.63, 3.8) is 0 Å². The highest BCUT2D eigenvalue weighted by molar-refractivity contribution is 7.88. The van der Waals surface area contributed by atoms with E-state index in [0.717, 1.165) is 0 Å². The molecule has 5 nitrogen and oxygen atoms in total. The van der Waals surface area contributed by atoms with Gasteiger partial charge in [-0.1, -0.05) is 44.2 Å². The van der Waals surface area contributed by atoms with Crippen molar-refractivity contribution in [2.24, 2.45) is 5.73 Å². The number of hydrogen-bond donors (Lipinski definition) is 3. The van der Waals surface area contributed by atoms with Gasteiger partial charge in [-0.3, -0.25) is 5.41 Å². The van der Waals surface area contributed by atoms with E-state index in [-0.39, 0.29) is 11.6 Å². The molecular weight excluding hydrogens is 262 g/mol. The smallest absolute Gasteiger partial charge is 0.216 e. The number of hydrogen-bond acceptors (Lipinski definition) is 3. The van der Waals surface area contributed by atoms with E-state index in [1.807, 2.05) is 19.9 Å². The first-order valence-corrected chi connectivity index (χ1v) is 7.90. The normalized spacial score (nSPS) is 12.3. The Labute approximate surface area is 114 Å². The summed E-state index contributed by atoms with van der Waals surface area (Å²) in [5.74, 6) is -0.253. The van der Waals surface area contributed by atoms with Crippen molar-refractivity contribution in [2.45, 2.75) is 38.0 Å². The summed E-state index contributed by atoms with van der Waals surface area (Å²) in [4.78, 5) is 0. The minimum atomic E-state index is -3.53. The van der Waals surface area contributed by atoms with E-state index in [9.17, 15) is 8.42 Å². The summed E-state index contributed by atoms with van der Waals surface area (Å²) >= 11 is 0. The molecule has 0 unspecified atom stereocenters. The molecule has 0 aromatic heterocycles. The number of benzene rings is 1. The van der Waals surface area contributed by atoms with Crippen LogP contribution in [0, 0.1) is 5.41 Å². The molecule has 0 aliphatic carbocycles. The Balaban J connectivity index is 2.93. The highest BCUT2D eigenvalue weighted by Crippen LogP contribution is 2.17. The molecule has 0 radical (unpaired) electrons. The third kappa shape index (κ3) is 4.04. The lowest BCUT2D eigenvalue weighted by Crippen LogP contribution is -2.56. The van der Waals surface area contributed by atoms with E-state index >= 15 is 0 Å². The van der Waals surface area contributed by atoms with Crippen LogP contribution in [-0.2, 0) is 15.8 Å². The quantitative estimate of drug-likeness (QED) is 0.524. The Hall–Kier alpha value is -1.40. The van der Waals surface area contributed by atoms with Gasteiger partial charge in [-0.15, -0.1) is 0 Å². The van der Waals surface area contributed by atoms with Gasteiger partial charge in [0, 0.05) is 0 Å². The molecule has 1 rings (SSSR count). The zero-order chi connectivity index (χ0) is 14.5. The highest BCUT2D eigenvalue weighted by atomic mass is 32.2. The molecule has 0 heterocycles. The van der Waals surface area contributed by atoms with Crippen molar-refractivity contribution < 1.29 is 8.42 Å². The van der Waals surface area contributed by atoms with Crippen LogP contribution in [0.4, 0.5) is 0 Å². The molecule has 1 aromatic rings. The number of sulfonamides is 1. The van der Waals surface area contributed by atoms with E-state index in [4.69, 9.17) is 11.1 Å². The second-order valence-corrected chi connectivity index (χ2v) is 6.27. The Bertz CT molecular complexity index is 522. The second-order valence-electron chi connectivity index (χ2n) is 4.55. The van der Waals surface area contributed by atoms with E-state index in [1.165, 1.54) is 0 Å². The van der Waals surface area contributed by atoms with Gasteiger partial charge in [0.2, 0.25) is 10.0 Å². The van der Waals surface area contributed by atoms with E-state index in [0.29, 0.717) is 18.4 Å². The average Bonchev–Trinajstić information content (AvgIpc) is 2.36. The van der Waals surface area contributed by atoms with Gasteiger partial charge < -0.3 is 5.73 Å². The Morgan fingerprint density at radius 1 is 1.26 bits per heavy atom. The molecule has 19 heavy (non-hydrogen) atoms. The monoisotopic (exact) mass is 283 g/mol. The predicted octanol–water partition coefficient (Wildman–Crippen LogP) is 1.60. The molecule has 0 aliphatic heterocycles. The fraction of sp³-hybridized carbons (Fsp3) is 0.462. The molecule has 0 atom stereocenters. The maximum absolute atomic E-state index is 12.2. The zero-order valence-electron chi connectivity index (χ0n) is 11.3. The Morgan fingerprint density at radius 3 is 2.21 bits per heavy atom. The van der Waals surface area contributed by atoms with Crippen molar-refractivity contribution in [3.8, 4) is 0 Å². The van der Waals surface area contributed by atoms with Crippen molar-refractivity contribution in [2.75, 3.05) is 0 Å². The molecule has 6 heteroatoms. The summed E-state index contributed by atoms with van der Waals surface area (Å²) in [5.41, 5.74) is 5.28. The SMILES string of the molecule is CCC(CC)(NS(=O)(=O)Cc1ccccc1)C(=N)N. The van der Waals surface area contributed by atoms with Crippen LogP contribution in [0.3, 0.4) is 0 Å². The highest BCUT2D eigenvalue weighted by Gasteiger charge is 2.34. The summed E-state index contributed by atoms with van der Waals surface area (Å²) in [6.07, 6.45) is 0.902. The number of amidine groups is 1. The molecule has 0 aliphatic rings. The summed E-state index contributed by atoms with van der Waals surface area (Å²) in [5, 5.41) is 7.61. The van der Waals surface area contributed by atoms with Gasteiger partial charge in [0.05, 0.1) is 11.3 Å². The molecule has 1 aromatic carbocycles. The molecule has 0 saturated carbocycles. The number of nitrogens with two attached hydrogens (primary N) is 1. The lowest BCUT2D eigenvalue weighted by atomic mass is 9.93. The van der Waals surface area contributed by atoms with Gasteiger partial charge in [0.1, 0.15) is 5.84 Å². The van der Waals surface area contributed by atoms with Crippen LogP contribution in [0.25, 0.3) is 0 Å². The van der Waals surface area contributed by atoms with Crippen molar-refractivity contribution in [3.05, 3.63) is 35.9 Å². The van der Waals surface area contributed by atoms with Crippen LogP contribution in [0.1, 0.15) is 32.3 Å². The number of nitrogens with one attached hydrogen (secondary N) is 2. The molecule has 4 N–H and O–H groups in total. The van der Waals surface area contributed by atoms with Gasteiger partial charge >= 0.3 is 0 Å². The zero-order valence-corrected chi connectivity index (χ0v) is 12.1. The Morgan fingerprint density at radius 2 is 1.79 bits per heavy atom. The van der Waals surface area contributed by atoms with Crippen LogP contribution < -0.4 is 10.5 Å². The molecule has 0 saturated heterocycles. The maximum atomic E-state index is 12.2. The second kappa shape index (κ2) is 6.16. The first kappa shape index (κ1) is 15.7. The number of rotatable bonds is 7. The predicted molar refractivity (Wildman–Crippen MR) is 77.4 cm³/mol. The topological polar surface area (TPSA) is 96.0 Å². The molecule has 0 fully saturated rings. The fourth-order valence-electron chi connectivity index (χ4n) is 1.96. The summed E-state index contributed by atoms with van der Waals surface area (Å²) in [7, 11) is -3.53. The molecular formula is C13H21N3O2S. The first-order valence-electron chi connectivity index (χ1n) is 6.25. The van der Waals surface area contributed by atoms with E-state index in [2.05, 4.69) is 4.72 Å². The van der Waals surface area contributed by atoms with Crippen molar-refractivity contribution in [1.82, 2.24) is 4.72 Å². The third-order valence-corrected chi connectivity index (χ3v) is 4.69. The summed E-state index contributed by atoms with van der Waals surface area (Å²) in [6.45, 7) is 3.63. The summed E-state index contributed by atoms with van der Waals surface area (Å²) in [6, 6.07) is 8.94.